The van der Waals surface area contributed by atoms with Crippen LogP contribution in [0.5, 0.6) is 0 Å². The Labute approximate surface area is 179 Å². The quantitative estimate of drug-likeness (QED) is 0.503. The molecule has 8 heteroatoms. The van der Waals surface area contributed by atoms with Gasteiger partial charge in [0.1, 0.15) is 12.3 Å². The van der Waals surface area contributed by atoms with Crippen molar-refractivity contribution < 1.29 is 8.94 Å². The zero-order valence-corrected chi connectivity index (χ0v) is 19.0. The Morgan fingerprint density at radius 3 is 2.63 bits per heavy atom. The zero-order chi connectivity index (χ0) is 21.5. The Hall–Kier alpha value is -2.35. The Bertz CT molecular complexity index is 798. The van der Waals surface area contributed by atoms with Crippen LogP contribution in [0.4, 0.5) is 0 Å². The van der Waals surface area contributed by atoms with E-state index in [2.05, 4.69) is 51.4 Å². The number of oxazole rings is 1. The molecular formula is C22H36N6O2. The highest BCUT2D eigenvalue weighted by atomic mass is 16.5. The minimum absolute atomic E-state index is 0.361. The molecule has 0 saturated carbocycles. The minimum atomic E-state index is 0.361. The molecule has 0 radical (unpaired) electrons. The number of hydrogen-bond acceptors (Lipinski definition) is 6. The van der Waals surface area contributed by atoms with Crippen LogP contribution < -0.4 is 10.6 Å². The smallest absolute Gasteiger partial charge is 0.208 e. The summed E-state index contributed by atoms with van der Waals surface area (Å²) in [6, 6.07) is 1.99. The van der Waals surface area contributed by atoms with E-state index in [-0.39, 0.29) is 0 Å². The Balaban J connectivity index is 1.43. The Morgan fingerprint density at radius 2 is 2.03 bits per heavy atom. The molecular weight excluding hydrogens is 380 g/mol. The van der Waals surface area contributed by atoms with Gasteiger partial charge in [-0.25, -0.2) is 9.98 Å². The van der Waals surface area contributed by atoms with Gasteiger partial charge in [0.25, 0.3) is 0 Å². The third kappa shape index (κ3) is 6.32. The zero-order valence-electron chi connectivity index (χ0n) is 19.0. The van der Waals surface area contributed by atoms with Crippen molar-refractivity contribution in [3.8, 4) is 0 Å². The van der Waals surface area contributed by atoms with Crippen molar-refractivity contribution in [2.75, 3.05) is 26.2 Å². The van der Waals surface area contributed by atoms with Crippen molar-refractivity contribution in [1.82, 2.24) is 25.7 Å². The van der Waals surface area contributed by atoms with E-state index in [4.69, 9.17) is 8.94 Å². The molecule has 0 aromatic carbocycles. The number of rotatable bonds is 8. The molecule has 2 N–H and O–H groups in total. The molecule has 8 nitrogen and oxygen atoms in total. The summed E-state index contributed by atoms with van der Waals surface area (Å²) in [4.78, 5) is 11.6. The second-order valence-electron chi connectivity index (χ2n) is 8.42. The summed E-state index contributed by atoms with van der Waals surface area (Å²) in [5.74, 6) is 4.37. The standard InChI is InChI=1S/C22H36N6O2/c1-6-23-22(25-13-19-11-20(15(2)3)27-30-19)24-12-18-7-9-28(10-8-18)14-21-26-16(4)17(5)29-21/h11,15,18H,6-10,12-14H2,1-5H3,(H2,23,24,25). The molecule has 0 atom stereocenters. The van der Waals surface area contributed by atoms with Crippen molar-refractivity contribution >= 4 is 5.96 Å². The maximum atomic E-state index is 5.73. The molecule has 2 aromatic rings. The summed E-state index contributed by atoms with van der Waals surface area (Å²) < 4.78 is 11.1. The number of aromatic nitrogens is 2. The fourth-order valence-electron chi connectivity index (χ4n) is 3.56. The molecule has 3 heterocycles. The van der Waals surface area contributed by atoms with E-state index in [1.54, 1.807) is 0 Å². The van der Waals surface area contributed by atoms with Crippen molar-refractivity contribution in [3.05, 3.63) is 34.9 Å². The molecule has 166 valence electrons. The third-order valence-electron chi connectivity index (χ3n) is 5.60. The van der Waals surface area contributed by atoms with Gasteiger partial charge in [-0.2, -0.15) is 0 Å². The number of nitrogens with one attached hydrogen (secondary N) is 2. The van der Waals surface area contributed by atoms with Crippen molar-refractivity contribution in [3.63, 3.8) is 0 Å². The lowest BCUT2D eigenvalue weighted by atomic mass is 9.97. The predicted octanol–water partition coefficient (Wildman–Crippen LogP) is 3.37. The monoisotopic (exact) mass is 416 g/mol. The van der Waals surface area contributed by atoms with E-state index in [0.717, 1.165) is 80.3 Å². The Morgan fingerprint density at radius 1 is 1.27 bits per heavy atom. The van der Waals surface area contributed by atoms with Crippen LogP contribution in [0, 0.1) is 19.8 Å². The lowest BCUT2D eigenvalue weighted by molar-refractivity contribution is 0.164. The second kappa shape index (κ2) is 10.6. The first-order valence-electron chi connectivity index (χ1n) is 11.1. The van der Waals surface area contributed by atoms with Gasteiger partial charge in [0, 0.05) is 19.2 Å². The predicted molar refractivity (Wildman–Crippen MR) is 117 cm³/mol. The summed E-state index contributed by atoms with van der Waals surface area (Å²) >= 11 is 0. The normalized spacial score (nSPS) is 16.4. The largest absolute Gasteiger partial charge is 0.444 e. The van der Waals surface area contributed by atoms with Gasteiger partial charge in [-0.15, -0.1) is 0 Å². The first-order chi connectivity index (χ1) is 14.4. The summed E-state index contributed by atoms with van der Waals surface area (Å²) in [6.45, 7) is 15.4. The van der Waals surface area contributed by atoms with Crippen molar-refractivity contribution in [1.29, 1.82) is 0 Å². The molecule has 0 aliphatic carbocycles. The minimum Gasteiger partial charge on any atom is -0.444 e. The van der Waals surface area contributed by atoms with Crippen LogP contribution in [-0.2, 0) is 13.1 Å². The number of hydrogen-bond donors (Lipinski definition) is 2. The van der Waals surface area contributed by atoms with Crippen LogP contribution >= 0.6 is 0 Å². The SMILES string of the molecule is CCNC(=NCc1cc(C(C)C)no1)NCC1CCN(Cc2nc(C)c(C)o2)CC1. The van der Waals surface area contributed by atoms with E-state index in [1.807, 2.05) is 19.9 Å². The van der Waals surface area contributed by atoms with Gasteiger partial charge < -0.3 is 19.6 Å². The van der Waals surface area contributed by atoms with Crippen molar-refractivity contribution in [2.45, 2.75) is 66.5 Å². The molecule has 1 aliphatic rings. The number of aliphatic imine (C=N–C) groups is 1. The fourth-order valence-corrected chi connectivity index (χ4v) is 3.56. The van der Waals surface area contributed by atoms with Crippen LogP contribution in [0.15, 0.2) is 20.0 Å². The van der Waals surface area contributed by atoms with Gasteiger partial charge in [-0.05, 0) is 58.5 Å². The van der Waals surface area contributed by atoms with Crippen LogP contribution in [0.2, 0.25) is 0 Å². The van der Waals surface area contributed by atoms with Gasteiger partial charge in [0.05, 0.1) is 17.9 Å². The van der Waals surface area contributed by atoms with Gasteiger partial charge in [-0.1, -0.05) is 19.0 Å². The molecule has 0 spiro atoms. The van der Waals surface area contributed by atoms with Gasteiger partial charge >= 0.3 is 0 Å². The number of guanidine groups is 1. The van der Waals surface area contributed by atoms with Crippen LogP contribution in [0.3, 0.4) is 0 Å². The number of likely N-dealkylation sites (tertiary alicyclic amines) is 1. The molecule has 1 fully saturated rings. The number of nitrogens with zero attached hydrogens (tertiary/aromatic N) is 4. The first-order valence-corrected chi connectivity index (χ1v) is 11.1. The third-order valence-corrected chi connectivity index (χ3v) is 5.60. The van der Waals surface area contributed by atoms with Gasteiger partial charge in [0.2, 0.25) is 5.89 Å². The van der Waals surface area contributed by atoms with E-state index in [1.165, 1.54) is 0 Å². The van der Waals surface area contributed by atoms with Gasteiger partial charge in [-0.3, -0.25) is 4.90 Å². The van der Waals surface area contributed by atoms with Gasteiger partial charge in [0.15, 0.2) is 11.7 Å². The maximum Gasteiger partial charge on any atom is 0.208 e. The van der Waals surface area contributed by atoms with E-state index < -0.39 is 0 Å². The number of aryl methyl sites for hydroxylation is 2. The molecule has 1 aliphatic heterocycles. The average Bonchev–Trinajstić information content (AvgIpc) is 3.32. The maximum absolute atomic E-state index is 5.73. The lowest BCUT2D eigenvalue weighted by Gasteiger charge is -2.31. The summed E-state index contributed by atoms with van der Waals surface area (Å²) in [5, 5.41) is 10.9. The molecule has 2 aromatic heterocycles. The molecule has 1 saturated heterocycles. The molecule has 0 amide bonds. The molecule has 0 bridgehead atoms. The molecule has 30 heavy (non-hydrogen) atoms. The fraction of sp³-hybridized carbons (Fsp3) is 0.682. The average molecular weight is 417 g/mol. The molecule has 0 unspecified atom stereocenters. The summed E-state index contributed by atoms with van der Waals surface area (Å²) in [6.07, 6.45) is 2.32. The summed E-state index contributed by atoms with van der Waals surface area (Å²) in [7, 11) is 0. The lowest BCUT2D eigenvalue weighted by Crippen LogP contribution is -2.42. The Kier molecular flexibility index (Phi) is 7.90. The highest BCUT2D eigenvalue weighted by molar-refractivity contribution is 5.79. The van der Waals surface area contributed by atoms with Crippen LogP contribution in [0.25, 0.3) is 0 Å². The number of piperidine rings is 1. The summed E-state index contributed by atoms with van der Waals surface area (Å²) in [5.41, 5.74) is 1.96. The topological polar surface area (TPSA) is 91.7 Å². The molecule has 3 rings (SSSR count). The van der Waals surface area contributed by atoms with E-state index in [0.29, 0.717) is 18.4 Å². The second-order valence-corrected chi connectivity index (χ2v) is 8.42. The highest BCUT2D eigenvalue weighted by Crippen LogP contribution is 2.19. The van der Waals surface area contributed by atoms with Crippen LogP contribution in [-0.4, -0.2) is 47.2 Å². The highest BCUT2D eigenvalue weighted by Gasteiger charge is 2.21. The first kappa shape index (κ1) is 22.3. The van der Waals surface area contributed by atoms with Crippen molar-refractivity contribution in [2.24, 2.45) is 10.9 Å². The van der Waals surface area contributed by atoms with E-state index >= 15 is 0 Å². The van der Waals surface area contributed by atoms with E-state index in [9.17, 15) is 0 Å². The van der Waals surface area contributed by atoms with Crippen LogP contribution in [0.1, 0.15) is 68.3 Å².